The third kappa shape index (κ3) is 11.8. The molecule has 0 spiro atoms. The molecule has 0 aromatic rings. The lowest BCUT2D eigenvalue weighted by Crippen LogP contribution is -2.24. The highest BCUT2D eigenvalue weighted by Gasteiger charge is 2.00. The van der Waals surface area contributed by atoms with Crippen LogP contribution in [0, 0.1) is 5.92 Å². The van der Waals surface area contributed by atoms with Gasteiger partial charge in [0.05, 0.1) is 33.0 Å². The fourth-order valence-corrected chi connectivity index (χ4v) is 1.10. The Hall–Kier alpha value is -0.160. The predicted molar refractivity (Wildman–Crippen MR) is 61.2 cm³/mol. The third-order valence-electron chi connectivity index (χ3n) is 1.95. The van der Waals surface area contributed by atoms with Crippen LogP contribution >= 0.6 is 0 Å². The van der Waals surface area contributed by atoms with Gasteiger partial charge in [-0.1, -0.05) is 13.8 Å². The summed E-state index contributed by atoms with van der Waals surface area (Å²) in [4.78, 5) is 0. The van der Waals surface area contributed by atoms with Crippen LogP contribution in [0.2, 0.25) is 0 Å². The number of hydrogen-bond donors (Lipinski definition) is 1. The van der Waals surface area contributed by atoms with Crippen molar-refractivity contribution in [2.75, 3.05) is 53.2 Å². The zero-order chi connectivity index (χ0) is 11.4. The van der Waals surface area contributed by atoms with Gasteiger partial charge in [0, 0.05) is 7.11 Å². The molecule has 1 N–H and O–H groups in total. The molecule has 1 atom stereocenters. The number of methoxy groups -OCH3 is 1. The summed E-state index contributed by atoms with van der Waals surface area (Å²) in [6.45, 7) is 9.72. The van der Waals surface area contributed by atoms with Crippen LogP contribution in [0.1, 0.15) is 13.8 Å². The molecule has 4 nitrogen and oxygen atoms in total. The highest BCUT2D eigenvalue weighted by molar-refractivity contribution is 4.53. The molecule has 0 heterocycles. The molecule has 0 aliphatic carbocycles. The van der Waals surface area contributed by atoms with Crippen molar-refractivity contribution in [2.45, 2.75) is 13.8 Å². The second-order valence-corrected chi connectivity index (χ2v) is 3.59. The third-order valence-corrected chi connectivity index (χ3v) is 1.95. The largest absolute Gasteiger partial charge is 0.382 e. The molecule has 0 rings (SSSR count). The smallest absolute Gasteiger partial charge is 0.0701 e. The lowest BCUT2D eigenvalue weighted by atomic mass is 10.2. The topological polar surface area (TPSA) is 39.7 Å². The first-order valence-electron chi connectivity index (χ1n) is 5.66. The summed E-state index contributed by atoms with van der Waals surface area (Å²) in [7, 11) is 1.67. The summed E-state index contributed by atoms with van der Waals surface area (Å²) in [5.74, 6) is 0.559. The lowest BCUT2D eigenvalue weighted by molar-refractivity contribution is 0.0171. The molecule has 0 radical (unpaired) electrons. The maximum atomic E-state index is 5.47. The van der Waals surface area contributed by atoms with Crippen molar-refractivity contribution in [3.8, 4) is 0 Å². The first-order chi connectivity index (χ1) is 7.31. The number of hydrogen-bond acceptors (Lipinski definition) is 4. The average molecular weight is 219 g/mol. The fraction of sp³-hybridized carbons (Fsp3) is 1.00. The molecule has 0 aliphatic rings. The molecular weight excluding hydrogens is 194 g/mol. The molecule has 0 aliphatic heterocycles. The molecule has 0 saturated carbocycles. The second kappa shape index (κ2) is 11.9. The minimum atomic E-state index is 0.559. The van der Waals surface area contributed by atoms with E-state index >= 15 is 0 Å². The van der Waals surface area contributed by atoms with E-state index in [1.807, 2.05) is 0 Å². The zero-order valence-corrected chi connectivity index (χ0v) is 10.3. The van der Waals surface area contributed by atoms with Crippen LogP contribution in [0.5, 0.6) is 0 Å². The zero-order valence-electron chi connectivity index (χ0n) is 10.3. The van der Waals surface area contributed by atoms with E-state index in [2.05, 4.69) is 19.2 Å². The Morgan fingerprint density at radius 1 is 1.07 bits per heavy atom. The predicted octanol–water partition coefficient (Wildman–Crippen LogP) is 0.912. The Labute approximate surface area is 93.3 Å². The number of nitrogens with one attached hydrogen (secondary N) is 1. The van der Waals surface area contributed by atoms with Crippen LogP contribution < -0.4 is 5.32 Å². The van der Waals surface area contributed by atoms with Crippen molar-refractivity contribution in [1.29, 1.82) is 0 Å². The van der Waals surface area contributed by atoms with Crippen LogP contribution in [0.25, 0.3) is 0 Å². The standard InChI is InChI=1S/C11H25NO3/c1-4-12-9-11(2)10-15-8-7-14-6-5-13-3/h11-12H,4-10H2,1-3H3. The van der Waals surface area contributed by atoms with E-state index in [4.69, 9.17) is 14.2 Å². The first-order valence-corrected chi connectivity index (χ1v) is 5.66. The minimum Gasteiger partial charge on any atom is -0.382 e. The fourth-order valence-electron chi connectivity index (χ4n) is 1.10. The van der Waals surface area contributed by atoms with Gasteiger partial charge in [-0.05, 0) is 19.0 Å². The van der Waals surface area contributed by atoms with Crippen molar-refractivity contribution in [2.24, 2.45) is 5.92 Å². The van der Waals surface area contributed by atoms with Gasteiger partial charge >= 0.3 is 0 Å². The Balaban J connectivity index is 3.02. The second-order valence-electron chi connectivity index (χ2n) is 3.59. The summed E-state index contributed by atoms with van der Waals surface area (Å²) in [6, 6.07) is 0. The summed E-state index contributed by atoms with van der Waals surface area (Å²) in [5, 5.41) is 3.29. The molecule has 15 heavy (non-hydrogen) atoms. The van der Waals surface area contributed by atoms with E-state index in [-0.39, 0.29) is 0 Å². The summed E-state index contributed by atoms with van der Waals surface area (Å²) in [6.07, 6.45) is 0. The van der Waals surface area contributed by atoms with Gasteiger partial charge in [0.2, 0.25) is 0 Å². The molecule has 0 amide bonds. The lowest BCUT2D eigenvalue weighted by Gasteiger charge is -2.12. The molecule has 1 unspecified atom stereocenters. The maximum absolute atomic E-state index is 5.47. The average Bonchev–Trinajstić information content (AvgIpc) is 2.25. The van der Waals surface area contributed by atoms with Crippen LogP contribution in [0.4, 0.5) is 0 Å². The monoisotopic (exact) mass is 219 g/mol. The number of ether oxygens (including phenoxy) is 3. The van der Waals surface area contributed by atoms with Gasteiger partial charge in [-0.2, -0.15) is 0 Å². The van der Waals surface area contributed by atoms with Gasteiger partial charge in [0.15, 0.2) is 0 Å². The number of rotatable bonds is 11. The van der Waals surface area contributed by atoms with E-state index in [0.29, 0.717) is 32.3 Å². The summed E-state index contributed by atoms with van der Waals surface area (Å²) < 4.78 is 15.6. The molecule has 4 heteroatoms. The molecule has 0 fully saturated rings. The normalized spacial score (nSPS) is 13.0. The van der Waals surface area contributed by atoms with Crippen LogP contribution in [0.15, 0.2) is 0 Å². The van der Waals surface area contributed by atoms with E-state index in [9.17, 15) is 0 Å². The highest BCUT2D eigenvalue weighted by atomic mass is 16.5. The van der Waals surface area contributed by atoms with E-state index in [0.717, 1.165) is 19.7 Å². The molecule has 0 aromatic carbocycles. The SMILES string of the molecule is CCNCC(C)COCCOCCOC. The molecule has 0 bridgehead atoms. The van der Waals surface area contributed by atoms with Crippen LogP contribution in [0.3, 0.4) is 0 Å². The van der Waals surface area contributed by atoms with Crippen LogP contribution in [-0.4, -0.2) is 53.2 Å². The van der Waals surface area contributed by atoms with Crippen LogP contribution in [-0.2, 0) is 14.2 Å². The van der Waals surface area contributed by atoms with Gasteiger partial charge in [-0.15, -0.1) is 0 Å². The van der Waals surface area contributed by atoms with Crippen molar-refractivity contribution in [1.82, 2.24) is 5.32 Å². The van der Waals surface area contributed by atoms with Gasteiger partial charge in [0.1, 0.15) is 0 Å². The Kier molecular flexibility index (Phi) is 11.8. The summed E-state index contributed by atoms with van der Waals surface area (Å²) >= 11 is 0. The molecule has 92 valence electrons. The van der Waals surface area contributed by atoms with E-state index in [1.54, 1.807) is 7.11 Å². The quantitative estimate of drug-likeness (QED) is 0.524. The highest BCUT2D eigenvalue weighted by Crippen LogP contribution is 1.93. The molecular formula is C11H25NO3. The molecule has 0 aromatic heterocycles. The van der Waals surface area contributed by atoms with Gasteiger partial charge < -0.3 is 19.5 Å². The van der Waals surface area contributed by atoms with E-state index < -0.39 is 0 Å². The van der Waals surface area contributed by atoms with Gasteiger partial charge in [0.25, 0.3) is 0 Å². The Morgan fingerprint density at radius 3 is 2.40 bits per heavy atom. The molecule has 0 saturated heterocycles. The Bertz CT molecular complexity index is 122. The Morgan fingerprint density at radius 2 is 1.73 bits per heavy atom. The maximum Gasteiger partial charge on any atom is 0.0701 e. The van der Waals surface area contributed by atoms with E-state index in [1.165, 1.54) is 0 Å². The van der Waals surface area contributed by atoms with Crippen molar-refractivity contribution in [3.05, 3.63) is 0 Å². The first kappa shape index (κ1) is 14.8. The van der Waals surface area contributed by atoms with Crippen molar-refractivity contribution < 1.29 is 14.2 Å². The minimum absolute atomic E-state index is 0.559. The summed E-state index contributed by atoms with van der Waals surface area (Å²) in [5.41, 5.74) is 0. The van der Waals surface area contributed by atoms with Gasteiger partial charge in [-0.25, -0.2) is 0 Å². The van der Waals surface area contributed by atoms with Gasteiger partial charge in [-0.3, -0.25) is 0 Å². The van der Waals surface area contributed by atoms with Crippen molar-refractivity contribution >= 4 is 0 Å². The van der Waals surface area contributed by atoms with Crippen molar-refractivity contribution in [3.63, 3.8) is 0 Å².